The molecule has 1 fully saturated rings. The quantitative estimate of drug-likeness (QED) is 0.625. The van der Waals surface area contributed by atoms with Crippen molar-refractivity contribution in [1.29, 1.82) is 0 Å². The number of rotatable bonds is 8. The normalized spacial score (nSPS) is 14.3. The van der Waals surface area contributed by atoms with E-state index in [1.54, 1.807) is 38.4 Å². The average molecular weight is 418 g/mol. The zero-order chi connectivity index (χ0) is 21.5. The van der Waals surface area contributed by atoms with Gasteiger partial charge in [0.05, 0.1) is 65.9 Å². The Morgan fingerprint density at radius 3 is 2.40 bits per heavy atom. The molecule has 2 N–H and O–H groups in total. The van der Waals surface area contributed by atoms with Crippen LogP contribution in [0.4, 0.5) is 0 Å². The Morgan fingerprint density at radius 1 is 1.07 bits per heavy atom. The first-order chi connectivity index (χ1) is 14.6. The van der Waals surface area contributed by atoms with Gasteiger partial charge in [-0.05, 0) is 24.3 Å². The maximum Gasteiger partial charge on any atom is 0.287 e. The van der Waals surface area contributed by atoms with Gasteiger partial charge in [-0.1, -0.05) is 0 Å². The highest BCUT2D eigenvalue weighted by Gasteiger charge is 2.26. The van der Waals surface area contributed by atoms with Gasteiger partial charge in [0, 0.05) is 0 Å². The maximum absolute atomic E-state index is 12.4. The number of furan rings is 1. The van der Waals surface area contributed by atoms with E-state index in [9.17, 15) is 9.59 Å². The molecule has 0 saturated carbocycles. The summed E-state index contributed by atoms with van der Waals surface area (Å²) in [5.74, 6) is 1.58. The molecule has 2 aromatic rings. The molecule has 1 saturated heterocycles. The lowest BCUT2D eigenvalue weighted by Gasteiger charge is -2.32. The second-order valence-electron chi connectivity index (χ2n) is 6.96. The van der Waals surface area contributed by atoms with Crippen molar-refractivity contribution >= 4 is 11.8 Å². The molecule has 162 valence electrons. The molecule has 2 amide bonds. The number of carbonyl (C=O) groups excluding carboxylic acids is 2. The van der Waals surface area contributed by atoms with E-state index >= 15 is 0 Å². The summed E-state index contributed by atoms with van der Waals surface area (Å²) in [5.41, 5.74) is 1.02. The molecular formula is C21H28N3O6+. The first kappa shape index (κ1) is 21.5. The molecule has 0 aliphatic carbocycles. The Balaban J connectivity index is 1.52. The summed E-state index contributed by atoms with van der Waals surface area (Å²) in [4.78, 5) is 27.4. The van der Waals surface area contributed by atoms with Gasteiger partial charge in [-0.3, -0.25) is 9.59 Å². The summed E-state index contributed by atoms with van der Waals surface area (Å²) in [6.07, 6.45) is 1.42. The van der Waals surface area contributed by atoms with E-state index in [0.717, 1.165) is 25.2 Å². The van der Waals surface area contributed by atoms with E-state index in [1.807, 2.05) is 12.1 Å². The summed E-state index contributed by atoms with van der Waals surface area (Å²) >= 11 is 0. The summed E-state index contributed by atoms with van der Waals surface area (Å²) in [6, 6.07) is 7.04. The van der Waals surface area contributed by atoms with Crippen LogP contribution in [0.3, 0.4) is 0 Å². The molecule has 0 spiro atoms. The molecule has 1 aliphatic heterocycles. The van der Waals surface area contributed by atoms with Crippen LogP contribution in [0.15, 0.2) is 34.9 Å². The third-order valence-electron chi connectivity index (χ3n) is 5.19. The van der Waals surface area contributed by atoms with Crippen molar-refractivity contribution in [3.63, 3.8) is 0 Å². The van der Waals surface area contributed by atoms with E-state index in [1.165, 1.54) is 11.2 Å². The number of benzene rings is 1. The van der Waals surface area contributed by atoms with Gasteiger partial charge in [0.25, 0.3) is 5.91 Å². The number of amides is 2. The summed E-state index contributed by atoms with van der Waals surface area (Å²) in [6.45, 7) is 3.56. The van der Waals surface area contributed by atoms with Crippen LogP contribution in [-0.4, -0.2) is 70.8 Å². The SMILES string of the molecule is COc1ccc(C[NH+]2CCN(C(=O)CNC(=O)c3ccco3)CC2)c(OC)c1OC. The molecule has 0 bridgehead atoms. The third-order valence-corrected chi connectivity index (χ3v) is 5.19. The van der Waals surface area contributed by atoms with Crippen molar-refractivity contribution in [2.45, 2.75) is 6.54 Å². The Bertz CT molecular complexity index is 860. The number of ether oxygens (including phenoxy) is 3. The number of nitrogens with zero attached hydrogens (tertiary/aromatic N) is 1. The molecular weight excluding hydrogens is 390 g/mol. The van der Waals surface area contributed by atoms with E-state index in [4.69, 9.17) is 18.6 Å². The Hall–Kier alpha value is -3.20. The fourth-order valence-electron chi connectivity index (χ4n) is 3.58. The van der Waals surface area contributed by atoms with Gasteiger partial charge in [-0.25, -0.2) is 0 Å². The number of hydrogen-bond acceptors (Lipinski definition) is 6. The number of hydrogen-bond donors (Lipinski definition) is 2. The highest BCUT2D eigenvalue weighted by molar-refractivity contribution is 5.94. The Morgan fingerprint density at radius 2 is 1.80 bits per heavy atom. The van der Waals surface area contributed by atoms with Crippen LogP contribution in [0, 0.1) is 0 Å². The lowest BCUT2D eigenvalue weighted by molar-refractivity contribution is -0.917. The van der Waals surface area contributed by atoms with Gasteiger partial charge < -0.3 is 33.7 Å². The minimum absolute atomic E-state index is 0.0433. The molecule has 9 heteroatoms. The molecule has 2 heterocycles. The number of methoxy groups -OCH3 is 3. The van der Waals surface area contributed by atoms with E-state index in [0.29, 0.717) is 30.3 Å². The summed E-state index contributed by atoms with van der Waals surface area (Å²) in [7, 11) is 4.80. The van der Waals surface area contributed by atoms with E-state index in [2.05, 4.69) is 5.32 Å². The van der Waals surface area contributed by atoms with Crippen LogP contribution in [0.2, 0.25) is 0 Å². The van der Waals surface area contributed by atoms with Crippen molar-refractivity contribution in [2.24, 2.45) is 0 Å². The lowest BCUT2D eigenvalue weighted by atomic mass is 10.1. The zero-order valence-electron chi connectivity index (χ0n) is 17.5. The predicted octanol–water partition coefficient (Wildman–Crippen LogP) is -0.0375. The molecule has 30 heavy (non-hydrogen) atoms. The number of quaternary nitrogens is 1. The number of piperazine rings is 1. The van der Waals surface area contributed by atoms with E-state index in [-0.39, 0.29) is 18.2 Å². The first-order valence-electron chi connectivity index (χ1n) is 9.78. The van der Waals surface area contributed by atoms with Gasteiger partial charge in [0.2, 0.25) is 11.7 Å². The van der Waals surface area contributed by atoms with Gasteiger partial charge in [-0.15, -0.1) is 0 Å². The van der Waals surface area contributed by atoms with Crippen molar-refractivity contribution in [3.05, 3.63) is 41.9 Å². The van der Waals surface area contributed by atoms with Crippen LogP contribution in [0.5, 0.6) is 17.2 Å². The van der Waals surface area contributed by atoms with Crippen LogP contribution in [0.25, 0.3) is 0 Å². The van der Waals surface area contributed by atoms with Crippen molar-refractivity contribution in [2.75, 3.05) is 54.1 Å². The first-order valence-corrected chi connectivity index (χ1v) is 9.78. The highest BCUT2D eigenvalue weighted by atomic mass is 16.5. The standard InChI is InChI=1S/C21H27N3O6/c1-27-16-7-6-15(19(28-2)20(16)29-3)14-23-8-10-24(11-9-23)18(25)13-22-21(26)17-5-4-12-30-17/h4-7,12H,8-11,13-14H2,1-3H3,(H,22,26)/p+1. The van der Waals surface area contributed by atoms with Crippen molar-refractivity contribution in [3.8, 4) is 17.2 Å². The fourth-order valence-corrected chi connectivity index (χ4v) is 3.58. The van der Waals surface area contributed by atoms with Crippen LogP contribution >= 0.6 is 0 Å². The minimum atomic E-state index is -0.391. The molecule has 0 unspecified atom stereocenters. The van der Waals surface area contributed by atoms with Crippen LogP contribution < -0.4 is 24.4 Å². The van der Waals surface area contributed by atoms with Gasteiger partial charge in [0.1, 0.15) is 6.54 Å². The highest BCUT2D eigenvalue weighted by Crippen LogP contribution is 2.39. The minimum Gasteiger partial charge on any atom is -0.493 e. The molecule has 3 rings (SSSR count). The Kier molecular flexibility index (Phi) is 7.18. The monoisotopic (exact) mass is 418 g/mol. The number of nitrogens with one attached hydrogen (secondary N) is 2. The fraction of sp³-hybridized carbons (Fsp3) is 0.429. The number of carbonyl (C=O) groups is 2. The third kappa shape index (κ3) is 4.85. The van der Waals surface area contributed by atoms with Crippen molar-refractivity contribution < 1.29 is 33.1 Å². The largest absolute Gasteiger partial charge is 0.493 e. The second-order valence-corrected chi connectivity index (χ2v) is 6.96. The maximum atomic E-state index is 12.4. The Labute approximate surface area is 175 Å². The molecule has 9 nitrogen and oxygen atoms in total. The second kappa shape index (κ2) is 10.0. The molecule has 1 aromatic carbocycles. The molecule has 0 radical (unpaired) electrons. The lowest BCUT2D eigenvalue weighted by Crippen LogP contribution is -3.13. The van der Waals surface area contributed by atoms with Gasteiger partial charge in [-0.2, -0.15) is 0 Å². The van der Waals surface area contributed by atoms with Gasteiger partial charge >= 0.3 is 0 Å². The smallest absolute Gasteiger partial charge is 0.287 e. The van der Waals surface area contributed by atoms with Gasteiger partial charge in [0.15, 0.2) is 17.3 Å². The van der Waals surface area contributed by atoms with Crippen LogP contribution in [0.1, 0.15) is 16.1 Å². The van der Waals surface area contributed by atoms with Crippen LogP contribution in [-0.2, 0) is 11.3 Å². The molecule has 1 aromatic heterocycles. The van der Waals surface area contributed by atoms with E-state index < -0.39 is 5.91 Å². The summed E-state index contributed by atoms with van der Waals surface area (Å²) in [5, 5.41) is 2.60. The van der Waals surface area contributed by atoms with Crippen molar-refractivity contribution in [1.82, 2.24) is 10.2 Å². The summed E-state index contributed by atoms with van der Waals surface area (Å²) < 4.78 is 21.4. The predicted molar refractivity (Wildman–Crippen MR) is 108 cm³/mol. The zero-order valence-corrected chi connectivity index (χ0v) is 17.5. The molecule has 0 atom stereocenters. The molecule has 1 aliphatic rings. The average Bonchev–Trinajstić information content (AvgIpc) is 3.32. The topological polar surface area (TPSA) is 94.7 Å².